The molecule has 3 aromatic heterocycles. The van der Waals surface area contributed by atoms with Gasteiger partial charge in [0.15, 0.2) is 5.76 Å². The van der Waals surface area contributed by atoms with E-state index in [1.807, 2.05) is 29.7 Å². The van der Waals surface area contributed by atoms with Crippen LogP contribution < -0.4 is 0 Å². The molecular formula is C27H23N3O6. The summed E-state index contributed by atoms with van der Waals surface area (Å²) in [5, 5.41) is 11.4. The van der Waals surface area contributed by atoms with Crippen molar-refractivity contribution >= 4 is 29.1 Å². The van der Waals surface area contributed by atoms with Crippen molar-refractivity contribution in [1.29, 1.82) is 0 Å². The second kappa shape index (κ2) is 8.84. The smallest absolute Gasteiger partial charge is 0.337 e. The molecule has 1 atom stereocenters. The second-order valence-electron chi connectivity index (χ2n) is 8.55. The topological polar surface area (TPSA) is 114 Å². The Balaban J connectivity index is 1.69. The number of carbonyl (C=O) groups excluding carboxylic acids is 3. The van der Waals surface area contributed by atoms with E-state index >= 15 is 0 Å². The zero-order valence-electron chi connectivity index (χ0n) is 19.9. The summed E-state index contributed by atoms with van der Waals surface area (Å²) in [5.74, 6) is -1.99. The Morgan fingerprint density at radius 2 is 1.86 bits per heavy atom. The Bertz CT molecular complexity index is 1530. The van der Waals surface area contributed by atoms with E-state index in [1.54, 1.807) is 43.3 Å². The number of methoxy groups -OCH3 is 1. The van der Waals surface area contributed by atoms with Gasteiger partial charge in [-0.2, -0.15) is 0 Å². The van der Waals surface area contributed by atoms with Crippen molar-refractivity contribution in [1.82, 2.24) is 14.3 Å². The third-order valence-corrected chi connectivity index (χ3v) is 6.40. The van der Waals surface area contributed by atoms with E-state index in [9.17, 15) is 19.5 Å². The van der Waals surface area contributed by atoms with Gasteiger partial charge in [-0.15, -0.1) is 0 Å². The molecule has 9 nitrogen and oxygen atoms in total. The fraction of sp³-hybridized carbons (Fsp3) is 0.185. The maximum atomic E-state index is 13.3. The Hall–Kier alpha value is -4.66. The Labute approximate surface area is 206 Å². The second-order valence-corrected chi connectivity index (χ2v) is 8.55. The largest absolute Gasteiger partial charge is 0.505 e. The third kappa shape index (κ3) is 3.65. The molecule has 4 aromatic rings. The van der Waals surface area contributed by atoms with E-state index in [4.69, 9.17) is 9.15 Å². The van der Waals surface area contributed by atoms with Crippen molar-refractivity contribution in [3.05, 3.63) is 100 Å². The lowest BCUT2D eigenvalue weighted by molar-refractivity contribution is -0.140. The van der Waals surface area contributed by atoms with Gasteiger partial charge in [-0.3, -0.25) is 9.59 Å². The number of amides is 1. The van der Waals surface area contributed by atoms with Gasteiger partial charge in [-0.25, -0.2) is 9.78 Å². The number of carbonyl (C=O) groups is 3. The number of Topliss-reactive ketones (excluding diaryl/α,β-unsaturated/α-hetero) is 1. The number of rotatable bonds is 5. The molecule has 1 aromatic carbocycles. The predicted octanol–water partition coefficient (Wildman–Crippen LogP) is 3.95. The molecule has 0 bridgehead atoms. The number of likely N-dealkylation sites (tertiary alicyclic amines) is 1. The van der Waals surface area contributed by atoms with E-state index in [1.165, 1.54) is 18.3 Å². The minimum absolute atomic E-state index is 0.0149. The lowest BCUT2D eigenvalue weighted by Crippen LogP contribution is -2.29. The summed E-state index contributed by atoms with van der Waals surface area (Å²) in [5.41, 5.74) is 3.15. The first-order chi connectivity index (χ1) is 17.3. The third-order valence-electron chi connectivity index (χ3n) is 6.40. The minimum Gasteiger partial charge on any atom is -0.505 e. The summed E-state index contributed by atoms with van der Waals surface area (Å²) >= 11 is 0. The SMILES string of the molecule is COC(=O)c1ccc(C2/C(=C(\O)c3nc4c(C)cccn4c3C)C(=O)C(=O)N2Cc2ccco2)cc1. The number of furan rings is 1. The molecule has 5 rings (SSSR count). The zero-order chi connectivity index (χ0) is 25.6. The van der Waals surface area contributed by atoms with Gasteiger partial charge in [0.1, 0.15) is 17.1 Å². The van der Waals surface area contributed by atoms with E-state index in [2.05, 4.69) is 4.98 Å². The van der Waals surface area contributed by atoms with Crippen molar-refractivity contribution in [3.8, 4) is 0 Å². The number of esters is 1. The molecule has 4 heterocycles. The van der Waals surface area contributed by atoms with Gasteiger partial charge >= 0.3 is 5.97 Å². The van der Waals surface area contributed by atoms with Gasteiger partial charge in [0.25, 0.3) is 11.7 Å². The highest BCUT2D eigenvalue weighted by Crippen LogP contribution is 2.40. The van der Waals surface area contributed by atoms with Gasteiger partial charge in [0.2, 0.25) is 0 Å². The fourth-order valence-electron chi connectivity index (χ4n) is 4.55. The summed E-state index contributed by atoms with van der Waals surface area (Å²) in [4.78, 5) is 44.3. The molecule has 1 amide bonds. The lowest BCUT2D eigenvalue weighted by atomic mass is 9.95. The number of benzene rings is 1. The Kier molecular flexibility index (Phi) is 5.68. The Morgan fingerprint density at radius 3 is 2.50 bits per heavy atom. The molecule has 0 spiro atoms. The highest BCUT2D eigenvalue weighted by atomic mass is 16.5. The van der Waals surface area contributed by atoms with Gasteiger partial charge in [0, 0.05) is 6.20 Å². The average Bonchev–Trinajstić information content (AvgIpc) is 3.58. The van der Waals surface area contributed by atoms with Crippen LogP contribution in [0.25, 0.3) is 11.4 Å². The number of aryl methyl sites for hydroxylation is 2. The number of hydrogen-bond donors (Lipinski definition) is 1. The number of ketones is 1. The minimum atomic E-state index is -0.924. The molecule has 1 unspecified atom stereocenters. The van der Waals surface area contributed by atoms with Crippen LogP contribution in [0.2, 0.25) is 0 Å². The van der Waals surface area contributed by atoms with Crippen molar-refractivity contribution in [2.24, 2.45) is 0 Å². The molecule has 0 radical (unpaired) electrons. The molecule has 182 valence electrons. The van der Waals surface area contributed by atoms with Crippen LogP contribution >= 0.6 is 0 Å². The Morgan fingerprint density at radius 1 is 1.11 bits per heavy atom. The molecule has 1 aliphatic heterocycles. The highest BCUT2D eigenvalue weighted by molar-refractivity contribution is 6.46. The van der Waals surface area contributed by atoms with E-state index < -0.39 is 23.7 Å². The number of nitrogens with zero attached hydrogens (tertiary/aromatic N) is 3. The molecular weight excluding hydrogens is 462 g/mol. The number of fused-ring (bicyclic) bond motifs is 1. The molecule has 36 heavy (non-hydrogen) atoms. The summed E-state index contributed by atoms with van der Waals surface area (Å²) in [6.45, 7) is 3.70. The lowest BCUT2D eigenvalue weighted by Gasteiger charge is -2.24. The van der Waals surface area contributed by atoms with Crippen LogP contribution in [-0.4, -0.2) is 44.2 Å². The summed E-state index contributed by atoms with van der Waals surface area (Å²) in [6.07, 6.45) is 3.30. The molecule has 0 aliphatic carbocycles. The van der Waals surface area contributed by atoms with Crippen LogP contribution in [0, 0.1) is 13.8 Å². The first-order valence-corrected chi connectivity index (χ1v) is 11.3. The first kappa shape index (κ1) is 23.1. The summed E-state index contributed by atoms with van der Waals surface area (Å²) < 4.78 is 12.0. The predicted molar refractivity (Wildman–Crippen MR) is 129 cm³/mol. The van der Waals surface area contributed by atoms with Crippen LogP contribution in [0.3, 0.4) is 0 Å². The van der Waals surface area contributed by atoms with Crippen molar-refractivity contribution < 1.29 is 28.6 Å². The number of aromatic nitrogens is 2. The average molecular weight is 485 g/mol. The maximum Gasteiger partial charge on any atom is 0.337 e. The van der Waals surface area contributed by atoms with E-state index in [-0.39, 0.29) is 23.6 Å². The molecule has 9 heteroatoms. The van der Waals surface area contributed by atoms with Crippen molar-refractivity contribution in [2.75, 3.05) is 7.11 Å². The van der Waals surface area contributed by atoms with Gasteiger partial charge in [-0.1, -0.05) is 18.2 Å². The summed E-state index contributed by atoms with van der Waals surface area (Å²) in [7, 11) is 1.29. The normalized spacial score (nSPS) is 17.2. The standard InChI is InChI=1S/C27H23N3O6/c1-15-6-4-12-29-16(2)21(28-25(15)29)23(31)20-22(17-8-10-18(11-9-17)27(34)35-3)30(26(33)24(20)32)14-19-7-5-13-36-19/h4-13,22,31H,14H2,1-3H3/b23-20+. The van der Waals surface area contributed by atoms with Crippen LogP contribution in [0.5, 0.6) is 0 Å². The number of aliphatic hydroxyl groups is 1. The number of imidazole rings is 1. The zero-order valence-corrected chi connectivity index (χ0v) is 19.9. The molecule has 1 N–H and O–H groups in total. The summed E-state index contributed by atoms with van der Waals surface area (Å²) in [6, 6.07) is 12.6. The quantitative estimate of drug-likeness (QED) is 0.197. The van der Waals surface area contributed by atoms with Crippen molar-refractivity contribution in [3.63, 3.8) is 0 Å². The number of pyridine rings is 1. The molecule has 0 saturated carbocycles. The van der Waals surface area contributed by atoms with E-state index in [0.29, 0.717) is 28.2 Å². The fourth-order valence-corrected chi connectivity index (χ4v) is 4.55. The number of hydrogen-bond acceptors (Lipinski definition) is 7. The number of aliphatic hydroxyl groups excluding tert-OH is 1. The van der Waals surface area contributed by atoms with Crippen LogP contribution in [0.15, 0.2) is 71.0 Å². The number of ether oxygens (including phenoxy) is 1. The monoisotopic (exact) mass is 485 g/mol. The van der Waals surface area contributed by atoms with Crippen molar-refractivity contribution in [2.45, 2.75) is 26.4 Å². The molecule has 1 aliphatic rings. The maximum absolute atomic E-state index is 13.3. The van der Waals surface area contributed by atoms with Gasteiger partial charge in [-0.05, 0) is 55.3 Å². The van der Waals surface area contributed by atoms with E-state index in [0.717, 1.165) is 5.56 Å². The molecule has 1 saturated heterocycles. The van der Waals surface area contributed by atoms with Crippen LogP contribution in [0.4, 0.5) is 0 Å². The van der Waals surface area contributed by atoms with Gasteiger partial charge in [0.05, 0.1) is 42.8 Å². The molecule has 1 fully saturated rings. The first-order valence-electron chi connectivity index (χ1n) is 11.3. The van der Waals surface area contributed by atoms with Gasteiger partial charge < -0.3 is 23.6 Å². The van der Waals surface area contributed by atoms with Crippen LogP contribution in [-0.2, 0) is 20.9 Å². The highest BCUT2D eigenvalue weighted by Gasteiger charge is 2.47. The van der Waals surface area contributed by atoms with Crippen LogP contribution in [0.1, 0.15) is 44.7 Å².